The number of thioether (sulfide) groups is 1. The van der Waals surface area contributed by atoms with Crippen LogP contribution in [0.15, 0.2) is 75.2 Å². The molecule has 4 aromatic rings. The molecule has 0 bridgehead atoms. The van der Waals surface area contributed by atoms with Crippen molar-refractivity contribution >= 4 is 47.0 Å². The number of methoxy groups -OCH3 is 2. The molecule has 0 amide bonds. The third-order valence-electron chi connectivity index (χ3n) is 5.03. The van der Waals surface area contributed by atoms with Crippen LogP contribution in [-0.4, -0.2) is 35.5 Å². The molecule has 8 nitrogen and oxygen atoms in total. The molecule has 0 fully saturated rings. The number of hydrogen-bond acceptors (Lipinski definition) is 8. The van der Waals surface area contributed by atoms with E-state index in [1.807, 2.05) is 18.2 Å². The lowest BCUT2D eigenvalue weighted by Crippen LogP contribution is -1.99. The predicted molar refractivity (Wildman–Crippen MR) is 142 cm³/mol. The zero-order valence-corrected chi connectivity index (χ0v) is 21.9. The van der Waals surface area contributed by atoms with E-state index in [4.69, 9.17) is 41.8 Å². The average molecular weight is 559 g/mol. The Morgan fingerprint density at radius 3 is 2.49 bits per heavy atom. The summed E-state index contributed by atoms with van der Waals surface area (Å²) in [4.78, 5) is 11.9. The summed E-state index contributed by atoms with van der Waals surface area (Å²) >= 11 is 13.1. The second kappa shape index (κ2) is 12.1. The highest BCUT2D eigenvalue weighted by molar-refractivity contribution is 8.03. The van der Waals surface area contributed by atoms with Crippen molar-refractivity contribution in [1.29, 1.82) is 0 Å². The molecule has 1 heterocycles. The zero-order chi connectivity index (χ0) is 26.4. The van der Waals surface area contributed by atoms with Crippen LogP contribution in [0.3, 0.4) is 0 Å². The number of benzene rings is 3. The van der Waals surface area contributed by atoms with Gasteiger partial charge in [0.1, 0.15) is 17.3 Å². The van der Waals surface area contributed by atoms with E-state index in [0.717, 1.165) is 17.3 Å². The van der Waals surface area contributed by atoms with Crippen LogP contribution in [-0.2, 0) is 11.4 Å². The molecule has 4 rings (SSSR count). The monoisotopic (exact) mass is 558 g/mol. The Kier molecular flexibility index (Phi) is 8.60. The van der Waals surface area contributed by atoms with Gasteiger partial charge in [-0.1, -0.05) is 47.5 Å². The number of rotatable bonds is 10. The molecule has 0 aliphatic heterocycles. The fourth-order valence-corrected chi connectivity index (χ4v) is 4.29. The second-order valence-electron chi connectivity index (χ2n) is 7.42. The van der Waals surface area contributed by atoms with E-state index in [-0.39, 0.29) is 22.6 Å². The molecule has 3 aromatic carbocycles. The van der Waals surface area contributed by atoms with Gasteiger partial charge in [-0.3, -0.25) is 0 Å². The first-order valence-corrected chi connectivity index (χ1v) is 12.3. The second-order valence-corrected chi connectivity index (χ2v) is 9.26. The van der Waals surface area contributed by atoms with E-state index < -0.39 is 5.97 Å². The Morgan fingerprint density at radius 2 is 1.76 bits per heavy atom. The van der Waals surface area contributed by atoms with Gasteiger partial charge in [-0.15, -0.1) is 10.2 Å². The minimum Gasteiger partial charge on any atom is -0.496 e. The van der Waals surface area contributed by atoms with Gasteiger partial charge in [-0.05, 0) is 59.8 Å². The summed E-state index contributed by atoms with van der Waals surface area (Å²) in [7, 11) is 3.01. The fourth-order valence-electron chi connectivity index (χ4n) is 3.25. The van der Waals surface area contributed by atoms with Crippen LogP contribution < -0.4 is 14.2 Å². The summed E-state index contributed by atoms with van der Waals surface area (Å²) in [6, 6.07) is 17.4. The van der Waals surface area contributed by atoms with Gasteiger partial charge in [0.05, 0.1) is 19.8 Å². The van der Waals surface area contributed by atoms with Gasteiger partial charge in [0.25, 0.3) is 11.1 Å². The molecule has 1 aromatic heterocycles. The number of nitrogens with zero attached hydrogens (tertiary/aromatic N) is 2. The first kappa shape index (κ1) is 26.4. The van der Waals surface area contributed by atoms with Gasteiger partial charge >= 0.3 is 5.97 Å². The quantitative estimate of drug-likeness (QED) is 0.165. The van der Waals surface area contributed by atoms with Crippen LogP contribution in [0.5, 0.6) is 17.2 Å². The van der Waals surface area contributed by atoms with Crippen molar-refractivity contribution < 1.29 is 28.5 Å². The van der Waals surface area contributed by atoms with Gasteiger partial charge in [0.15, 0.2) is 11.5 Å². The topological polar surface area (TPSA) is 104 Å². The van der Waals surface area contributed by atoms with Crippen LogP contribution in [0.2, 0.25) is 10.0 Å². The lowest BCUT2D eigenvalue weighted by atomic mass is 10.2. The van der Waals surface area contributed by atoms with Gasteiger partial charge < -0.3 is 23.7 Å². The van der Waals surface area contributed by atoms with Crippen LogP contribution in [0.4, 0.5) is 0 Å². The van der Waals surface area contributed by atoms with Gasteiger partial charge in [0.2, 0.25) is 0 Å². The third-order valence-corrected chi connectivity index (χ3v) is 6.49. The van der Waals surface area contributed by atoms with Crippen molar-refractivity contribution in [3.8, 4) is 28.7 Å². The number of aliphatic carboxylic acids is 1. The van der Waals surface area contributed by atoms with Crippen molar-refractivity contribution in [2.24, 2.45) is 0 Å². The first-order valence-electron chi connectivity index (χ1n) is 10.7. The number of carboxylic acids is 1. The van der Waals surface area contributed by atoms with E-state index >= 15 is 0 Å². The van der Waals surface area contributed by atoms with E-state index in [1.165, 1.54) is 20.3 Å². The maximum Gasteiger partial charge on any atom is 0.342 e. The molecule has 0 aliphatic rings. The molecule has 190 valence electrons. The summed E-state index contributed by atoms with van der Waals surface area (Å²) in [6.45, 7) is 0.248. The molecule has 1 N–H and O–H groups in total. The highest BCUT2D eigenvalue weighted by Gasteiger charge is 2.19. The molecular weight excluding hydrogens is 539 g/mol. The molecule has 0 aliphatic carbocycles. The number of aromatic nitrogens is 2. The minimum absolute atomic E-state index is 0.0392. The van der Waals surface area contributed by atoms with Crippen molar-refractivity contribution in [3.63, 3.8) is 0 Å². The molecule has 0 saturated heterocycles. The average Bonchev–Trinajstić information content (AvgIpc) is 3.36. The fraction of sp³-hybridized carbons (Fsp3) is 0.115. The molecule has 0 atom stereocenters. The molecule has 11 heteroatoms. The number of halogens is 2. The third kappa shape index (κ3) is 6.56. The number of hydrogen-bond donors (Lipinski definition) is 1. The number of carbonyl (C=O) groups is 1. The summed E-state index contributed by atoms with van der Waals surface area (Å²) in [5.41, 5.74) is 1.89. The van der Waals surface area contributed by atoms with E-state index in [0.29, 0.717) is 38.4 Å². The summed E-state index contributed by atoms with van der Waals surface area (Å²) in [5, 5.41) is 18.8. The van der Waals surface area contributed by atoms with Crippen molar-refractivity contribution in [3.05, 3.63) is 86.7 Å². The van der Waals surface area contributed by atoms with E-state index in [2.05, 4.69) is 10.2 Å². The SMILES string of the molecule is COc1cc(/C=C(\Sc2nnc(-c3cc(Cl)ccc3OC)o2)C(=O)O)ccc1OCc1ccccc1Cl. The molecule has 0 spiro atoms. The van der Waals surface area contributed by atoms with Crippen molar-refractivity contribution in [2.45, 2.75) is 11.8 Å². The minimum atomic E-state index is -1.16. The van der Waals surface area contributed by atoms with Crippen molar-refractivity contribution in [2.75, 3.05) is 14.2 Å². The molecule has 37 heavy (non-hydrogen) atoms. The van der Waals surface area contributed by atoms with Crippen LogP contribution in [0.25, 0.3) is 17.5 Å². The van der Waals surface area contributed by atoms with Crippen LogP contribution >= 0.6 is 35.0 Å². The first-order chi connectivity index (χ1) is 17.9. The highest BCUT2D eigenvalue weighted by atomic mass is 35.5. The standard InChI is InChI=1S/C26H20Cl2N2O6S/c1-33-20-10-8-17(27)13-18(20)24-29-30-26(36-24)37-23(25(31)32)12-15-7-9-21(22(11-15)34-2)35-14-16-5-3-4-6-19(16)28/h3-13H,14H2,1-2H3,(H,31,32)/b23-12-. The Morgan fingerprint density at radius 1 is 1.00 bits per heavy atom. The maximum atomic E-state index is 12.0. The van der Waals surface area contributed by atoms with Crippen LogP contribution in [0, 0.1) is 0 Å². The van der Waals surface area contributed by atoms with Gasteiger partial charge in [-0.2, -0.15) is 0 Å². The van der Waals surface area contributed by atoms with Crippen molar-refractivity contribution in [1.82, 2.24) is 10.2 Å². The predicted octanol–water partition coefficient (Wildman–Crippen LogP) is 6.86. The summed E-state index contributed by atoms with van der Waals surface area (Å²) in [5.74, 6) is 0.392. The number of ether oxygens (including phenoxy) is 3. The van der Waals surface area contributed by atoms with Crippen LogP contribution in [0.1, 0.15) is 11.1 Å². The Labute approximate surface area is 226 Å². The normalized spacial score (nSPS) is 11.3. The molecule has 0 radical (unpaired) electrons. The molecule has 0 saturated carbocycles. The highest BCUT2D eigenvalue weighted by Crippen LogP contribution is 2.36. The Hall–Kier alpha value is -3.66. The maximum absolute atomic E-state index is 12.0. The molecular formula is C26H20Cl2N2O6S. The van der Waals surface area contributed by atoms with E-state index in [9.17, 15) is 9.90 Å². The smallest absolute Gasteiger partial charge is 0.342 e. The van der Waals surface area contributed by atoms with Gasteiger partial charge in [-0.25, -0.2) is 4.79 Å². The van der Waals surface area contributed by atoms with E-state index in [1.54, 1.807) is 42.5 Å². The van der Waals surface area contributed by atoms with Gasteiger partial charge in [0, 0.05) is 15.6 Å². The zero-order valence-electron chi connectivity index (χ0n) is 19.6. The Balaban J connectivity index is 1.54. The molecule has 0 unspecified atom stereocenters. The summed E-state index contributed by atoms with van der Waals surface area (Å²) < 4.78 is 22.3. The number of carboxylic acid groups (broad SMARTS) is 1. The lowest BCUT2D eigenvalue weighted by molar-refractivity contribution is -0.131. The summed E-state index contributed by atoms with van der Waals surface area (Å²) in [6.07, 6.45) is 1.47. The largest absolute Gasteiger partial charge is 0.496 e. The lowest BCUT2D eigenvalue weighted by Gasteiger charge is -2.12. The Bertz CT molecular complexity index is 1460.